The first-order valence-corrected chi connectivity index (χ1v) is 6.50. The first-order chi connectivity index (χ1) is 7.56. The molecule has 1 aliphatic rings. The Morgan fingerprint density at radius 3 is 2.69 bits per heavy atom. The zero-order chi connectivity index (χ0) is 11.8. The van der Waals surface area contributed by atoms with Crippen LogP contribution in [0.15, 0.2) is 22.7 Å². The smallest absolute Gasteiger partial charge is 0.0613 e. The molecule has 0 amide bonds. The van der Waals surface area contributed by atoms with E-state index in [4.69, 9.17) is 0 Å². The van der Waals surface area contributed by atoms with E-state index >= 15 is 0 Å². The van der Waals surface area contributed by atoms with Crippen LogP contribution in [0.2, 0.25) is 0 Å². The maximum absolute atomic E-state index is 9.28. The van der Waals surface area contributed by atoms with E-state index in [2.05, 4.69) is 53.3 Å². The van der Waals surface area contributed by atoms with Crippen LogP contribution < -0.4 is 5.32 Å². The number of halogens is 1. The summed E-state index contributed by atoms with van der Waals surface area (Å²) in [5, 5.41) is 12.8. The summed E-state index contributed by atoms with van der Waals surface area (Å²) in [6, 6.07) is 6.69. The highest BCUT2D eigenvalue weighted by molar-refractivity contribution is 9.10. The molecular weight excluding hydrogens is 266 g/mol. The zero-order valence-electron chi connectivity index (χ0n) is 9.76. The Bertz CT molecular complexity index is 388. The second-order valence-corrected chi connectivity index (χ2v) is 5.67. The molecule has 0 aliphatic heterocycles. The average Bonchev–Trinajstić information content (AvgIpc) is 3.02. The summed E-state index contributed by atoms with van der Waals surface area (Å²) in [6.07, 6.45) is 2.17. The summed E-state index contributed by atoms with van der Waals surface area (Å²) in [5.74, 6) is 0. The van der Waals surface area contributed by atoms with Gasteiger partial charge in [0.1, 0.15) is 0 Å². The third-order valence-corrected chi connectivity index (χ3v) is 4.25. The van der Waals surface area contributed by atoms with E-state index in [1.807, 2.05) is 0 Å². The third kappa shape index (κ3) is 2.47. The Kier molecular flexibility index (Phi) is 3.38. The molecule has 3 heteroatoms. The monoisotopic (exact) mass is 283 g/mol. The van der Waals surface area contributed by atoms with Crippen LogP contribution in [0.4, 0.5) is 0 Å². The van der Waals surface area contributed by atoms with Gasteiger partial charge in [0.25, 0.3) is 0 Å². The molecule has 0 heterocycles. The number of rotatable bonds is 4. The molecule has 2 rings (SSSR count). The molecule has 1 unspecified atom stereocenters. The molecule has 88 valence electrons. The van der Waals surface area contributed by atoms with E-state index in [1.54, 1.807) is 0 Å². The van der Waals surface area contributed by atoms with Crippen molar-refractivity contribution in [3.05, 3.63) is 33.8 Å². The second-order valence-electron chi connectivity index (χ2n) is 4.81. The van der Waals surface area contributed by atoms with Gasteiger partial charge in [0, 0.05) is 16.1 Å². The summed E-state index contributed by atoms with van der Waals surface area (Å²) in [7, 11) is 0. The summed E-state index contributed by atoms with van der Waals surface area (Å²) in [4.78, 5) is 0. The van der Waals surface area contributed by atoms with E-state index in [0.717, 1.165) is 17.3 Å². The van der Waals surface area contributed by atoms with Gasteiger partial charge in [0.05, 0.1) is 6.61 Å². The lowest BCUT2D eigenvalue weighted by Crippen LogP contribution is -2.36. The topological polar surface area (TPSA) is 32.3 Å². The Morgan fingerprint density at radius 1 is 1.50 bits per heavy atom. The van der Waals surface area contributed by atoms with Crippen molar-refractivity contribution in [3.63, 3.8) is 0 Å². The van der Waals surface area contributed by atoms with E-state index < -0.39 is 0 Å². The fourth-order valence-corrected chi connectivity index (χ4v) is 2.23. The molecular formula is C13H18BrNO. The Morgan fingerprint density at radius 2 is 2.19 bits per heavy atom. The predicted octanol–water partition coefficient (Wildman–Crippen LogP) is 2.93. The van der Waals surface area contributed by atoms with Gasteiger partial charge in [-0.2, -0.15) is 0 Å². The molecule has 0 saturated heterocycles. The maximum Gasteiger partial charge on any atom is 0.0613 e. The summed E-state index contributed by atoms with van der Waals surface area (Å²) < 4.78 is 1.15. The molecule has 0 aromatic heterocycles. The normalized spacial score (nSPS) is 19.5. The van der Waals surface area contributed by atoms with Gasteiger partial charge in [0.15, 0.2) is 0 Å². The third-order valence-electron chi connectivity index (χ3n) is 3.36. The highest BCUT2D eigenvalue weighted by atomic mass is 79.9. The van der Waals surface area contributed by atoms with Crippen molar-refractivity contribution < 1.29 is 5.11 Å². The van der Waals surface area contributed by atoms with E-state index in [0.29, 0.717) is 6.04 Å². The van der Waals surface area contributed by atoms with Crippen LogP contribution in [0, 0.1) is 6.92 Å². The molecule has 2 nitrogen and oxygen atoms in total. The molecule has 0 bridgehead atoms. The van der Waals surface area contributed by atoms with Crippen molar-refractivity contribution in [3.8, 4) is 0 Å². The number of aryl methyl sites for hydroxylation is 1. The van der Waals surface area contributed by atoms with E-state index in [9.17, 15) is 5.11 Å². The van der Waals surface area contributed by atoms with E-state index in [1.165, 1.54) is 11.1 Å². The Hall–Kier alpha value is -0.380. The molecule has 1 aliphatic carbocycles. The molecule has 2 N–H and O–H groups in total. The fourth-order valence-electron chi connectivity index (χ4n) is 1.98. The highest BCUT2D eigenvalue weighted by Gasteiger charge is 2.42. The number of benzene rings is 1. The summed E-state index contributed by atoms with van der Waals surface area (Å²) in [6.45, 7) is 4.49. The van der Waals surface area contributed by atoms with Crippen molar-refractivity contribution in [2.24, 2.45) is 0 Å². The predicted molar refractivity (Wildman–Crippen MR) is 69.5 cm³/mol. The molecule has 0 radical (unpaired) electrons. The lowest BCUT2D eigenvalue weighted by atomic mass is 10.0. The molecule has 0 spiro atoms. The minimum atomic E-state index is 0.000392. The molecule has 16 heavy (non-hydrogen) atoms. The van der Waals surface area contributed by atoms with Crippen LogP contribution in [0.3, 0.4) is 0 Å². The van der Waals surface area contributed by atoms with Gasteiger partial charge in [0.2, 0.25) is 0 Å². The van der Waals surface area contributed by atoms with Crippen LogP contribution in [0.25, 0.3) is 0 Å². The second kappa shape index (κ2) is 4.47. The van der Waals surface area contributed by atoms with Crippen LogP contribution >= 0.6 is 15.9 Å². The molecule has 1 saturated carbocycles. The van der Waals surface area contributed by atoms with Gasteiger partial charge in [-0.25, -0.2) is 0 Å². The molecule has 1 fully saturated rings. The lowest BCUT2D eigenvalue weighted by Gasteiger charge is -2.21. The highest BCUT2D eigenvalue weighted by Crippen LogP contribution is 2.37. The van der Waals surface area contributed by atoms with E-state index in [-0.39, 0.29) is 12.1 Å². The number of hydrogen-bond acceptors (Lipinski definition) is 2. The SMILES string of the molecule is Cc1cc(C(C)NC2(CO)CC2)ccc1Br. The van der Waals surface area contributed by atoms with Crippen molar-refractivity contribution in [2.75, 3.05) is 6.61 Å². The molecule has 1 atom stereocenters. The van der Waals surface area contributed by atoms with Crippen LogP contribution in [-0.2, 0) is 0 Å². The van der Waals surface area contributed by atoms with Crippen molar-refractivity contribution in [2.45, 2.75) is 38.3 Å². The molecule has 1 aromatic carbocycles. The van der Waals surface area contributed by atoms with Crippen LogP contribution in [0.5, 0.6) is 0 Å². The number of aliphatic hydroxyl groups is 1. The first-order valence-electron chi connectivity index (χ1n) is 5.71. The zero-order valence-corrected chi connectivity index (χ0v) is 11.3. The maximum atomic E-state index is 9.28. The number of hydrogen-bond donors (Lipinski definition) is 2. The van der Waals surface area contributed by atoms with Crippen molar-refractivity contribution in [1.82, 2.24) is 5.32 Å². The van der Waals surface area contributed by atoms with Gasteiger partial charge in [-0.15, -0.1) is 0 Å². The average molecular weight is 284 g/mol. The molecule has 1 aromatic rings. The Balaban J connectivity index is 2.09. The minimum Gasteiger partial charge on any atom is -0.394 e. The standard InChI is InChI=1S/C13H18BrNO/c1-9-7-11(3-4-12(9)14)10(2)15-13(8-16)5-6-13/h3-4,7,10,15-16H,5-6,8H2,1-2H3. The fraction of sp³-hybridized carbons (Fsp3) is 0.538. The Labute approximate surface area is 105 Å². The van der Waals surface area contributed by atoms with Gasteiger partial charge >= 0.3 is 0 Å². The van der Waals surface area contributed by atoms with Crippen LogP contribution in [0.1, 0.15) is 36.9 Å². The quantitative estimate of drug-likeness (QED) is 0.891. The van der Waals surface area contributed by atoms with Gasteiger partial charge in [-0.05, 0) is 43.9 Å². The summed E-state index contributed by atoms with van der Waals surface area (Å²) >= 11 is 3.51. The first kappa shape index (κ1) is 12.1. The van der Waals surface area contributed by atoms with Gasteiger partial charge in [-0.3, -0.25) is 0 Å². The van der Waals surface area contributed by atoms with Crippen LogP contribution in [-0.4, -0.2) is 17.3 Å². The van der Waals surface area contributed by atoms with Gasteiger partial charge < -0.3 is 10.4 Å². The minimum absolute atomic E-state index is 0.000392. The van der Waals surface area contributed by atoms with Crippen molar-refractivity contribution >= 4 is 15.9 Å². The van der Waals surface area contributed by atoms with Crippen molar-refractivity contribution in [1.29, 1.82) is 0 Å². The number of aliphatic hydroxyl groups excluding tert-OH is 1. The summed E-state index contributed by atoms with van der Waals surface area (Å²) in [5.41, 5.74) is 2.53. The number of nitrogens with one attached hydrogen (secondary N) is 1. The largest absolute Gasteiger partial charge is 0.394 e. The van der Waals surface area contributed by atoms with Gasteiger partial charge in [-0.1, -0.05) is 28.1 Å². The lowest BCUT2D eigenvalue weighted by molar-refractivity contribution is 0.221.